The van der Waals surface area contributed by atoms with E-state index in [2.05, 4.69) is 4.90 Å². The molecule has 2 atom stereocenters. The van der Waals surface area contributed by atoms with E-state index in [0.29, 0.717) is 13.2 Å². The standard InChI is InChI=1S/C19H30N2O4/c1-15(13-22)20-8-5-9-21(11-10-20)19(23)16(2)25-14-17-6-4-7-18(12-17)24-3/h4,6-7,12,15-16,22H,5,8-11,13-14H2,1-3H3/t15-,16+/m1/s1. The zero-order valence-electron chi connectivity index (χ0n) is 15.5. The van der Waals surface area contributed by atoms with Gasteiger partial charge in [-0.15, -0.1) is 0 Å². The molecule has 1 aromatic carbocycles. The smallest absolute Gasteiger partial charge is 0.251 e. The van der Waals surface area contributed by atoms with Gasteiger partial charge in [0.2, 0.25) is 0 Å². The van der Waals surface area contributed by atoms with Crippen molar-refractivity contribution in [2.75, 3.05) is 39.9 Å². The van der Waals surface area contributed by atoms with Crippen LogP contribution in [0.25, 0.3) is 0 Å². The first-order valence-electron chi connectivity index (χ1n) is 8.93. The molecule has 6 nitrogen and oxygen atoms in total. The summed E-state index contributed by atoms with van der Waals surface area (Å²) in [6, 6.07) is 7.80. The minimum atomic E-state index is -0.479. The van der Waals surface area contributed by atoms with Crippen molar-refractivity contribution >= 4 is 5.91 Å². The number of ether oxygens (including phenoxy) is 2. The number of aliphatic hydroxyl groups excluding tert-OH is 1. The first-order valence-corrected chi connectivity index (χ1v) is 8.93. The number of aliphatic hydroxyl groups is 1. The van der Waals surface area contributed by atoms with Crippen molar-refractivity contribution in [2.45, 2.75) is 39.0 Å². The fraction of sp³-hybridized carbons (Fsp3) is 0.632. The molecule has 0 aliphatic carbocycles. The lowest BCUT2D eigenvalue weighted by Gasteiger charge is -2.27. The van der Waals surface area contributed by atoms with Crippen LogP contribution in [-0.2, 0) is 16.1 Å². The van der Waals surface area contributed by atoms with Crippen LogP contribution < -0.4 is 4.74 Å². The molecule has 0 radical (unpaired) electrons. The maximum Gasteiger partial charge on any atom is 0.251 e. The van der Waals surface area contributed by atoms with Crippen LogP contribution in [0.1, 0.15) is 25.8 Å². The summed E-state index contributed by atoms with van der Waals surface area (Å²) in [5.74, 6) is 0.812. The molecule has 1 saturated heterocycles. The van der Waals surface area contributed by atoms with Gasteiger partial charge in [-0.25, -0.2) is 0 Å². The summed E-state index contributed by atoms with van der Waals surface area (Å²) >= 11 is 0. The second kappa shape index (κ2) is 9.75. The van der Waals surface area contributed by atoms with E-state index < -0.39 is 6.10 Å². The third-order valence-electron chi connectivity index (χ3n) is 4.71. The molecule has 0 bridgehead atoms. The van der Waals surface area contributed by atoms with Gasteiger partial charge in [-0.1, -0.05) is 12.1 Å². The van der Waals surface area contributed by atoms with Crippen LogP contribution in [0.5, 0.6) is 5.75 Å². The summed E-state index contributed by atoms with van der Waals surface area (Å²) in [5, 5.41) is 9.31. The second-order valence-electron chi connectivity index (χ2n) is 6.55. The molecule has 1 aliphatic rings. The Kier molecular flexibility index (Phi) is 7.68. The predicted octanol–water partition coefficient (Wildman–Crippen LogP) is 1.52. The van der Waals surface area contributed by atoms with Crippen molar-refractivity contribution in [3.05, 3.63) is 29.8 Å². The van der Waals surface area contributed by atoms with Crippen molar-refractivity contribution in [1.82, 2.24) is 9.80 Å². The topological polar surface area (TPSA) is 62.2 Å². The van der Waals surface area contributed by atoms with Crippen LogP contribution >= 0.6 is 0 Å². The van der Waals surface area contributed by atoms with E-state index in [-0.39, 0.29) is 18.6 Å². The van der Waals surface area contributed by atoms with E-state index in [1.807, 2.05) is 43.0 Å². The number of rotatable bonds is 7. The molecule has 0 aromatic heterocycles. The zero-order chi connectivity index (χ0) is 18.2. The number of methoxy groups -OCH3 is 1. The van der Waals surface area contributed by atoms with Crippen LogP contribution in [0.15, 0.2) is 24.3 Å². The molecule has 1 aliphatic heterocycles. The predicted molar refractivity (Wildman–Crippen MR) is 96.6 cm³/mol. The molecular formula is C19H30N2O4. The van der Waals surface area contributed by atoms with E-state index in [4.69, 9.17) is 9.47 Å². The quantitative estimate of drug-likeness (QED) is 0.808. The first kappa shape index (κ1) is 19.7. The number of hydrogen-bond acceptors (Lipinski definition) is 5. The largest absolute Gasteiger partial charge is 0.497 e. The lowest BCUT2D eigenvalue weighted by atomic mass is 10.2. The molecule has 0 saturated carbocycles. The molecule has 1 amide bonds. The molecule has 0 unspecified atom stereocenters. The van der Waals surface area contributed by atoms with Gasteiger partial charge in [-0.3, -0.25) is 9.69 Å². The van der Waals surface area contributed by atoms with Crippen molar-refractivity contribution < 1.29 is 19.4 Å². The van der Waals surface area contributed by atoms with Crippen LogP contribution in [0.4, 0.5) is 0 Å². The Bertz CT molecular complexity index is 552. The lowest BCUT2D eigenvalue weighted by molar-refractivity contribution is -0.143. The maximum absolute atomic E-state index is 12.6. The van der Waals surface area contributed by atoms with E-state index >= 15 is 0 Å². The molecule has 1 aromatic rings. The summed E-state index contributed by atoms with van der Waals surface area (Å²) < 4.78 is 11.0. The minimum Gasteiger partial charge on any atom is -0.497 e. The highest BCUT2D eigenvalue weighted by Gasteiger charge is 2.25. The second-order valence-corrected chi connectivity index (χ2v) is 6.55. The fourth-order valence-corrected chi connectivity index (χ4v) is 3.03. The van der Waals surface area contributed by atoms with Gasteiger partial charge in [0.25, 0.3) is 5.91 Å². The molecule has 6 heteroatoms. The van der Waals surface area contributed by atoms with E-state index in [1.54, 1.807) is 7.11 Å². The summed E-state index contributed by atoms with van der Waals surface area (Å²) in [7, 11) is 1.63. The maximum atomic E-state index is 12.6. The SMILES string of the molecule is COc1cccc(CO[C@@H](C)C(=O)N2CCCN([C@H](C)CO)CC2)c1. The molecule has 25 heavy (non-hydrogen) atoms. The Morgan fingerprint density at radius 3 is 2.76 bits per heavy atom. The van der Waals surface area contributed by atoms with Gasteiger partial charge >= 0.3 is 0 Å². The lowest BCUT2D eigenvalue weighted by Crippen LogP contribution is -2.42. The monoisotopic (exact) mass is 350 g/mol. The van der Waals surface area contributed by atoms with Gasteiger partial charge in [-0.05, 0) is 38.0 Å². The summed E-state index contributed by atoms with van der Waals surface area (Å²) in [6.45, 7) is 7.45. The van der Waals surface area contributed by atoms with Crippen LogP contribution in [-0.4, -0.2) is 72.9 Å². The number of carbonyl (C=O) groups excluding carboxylic acids is 1. The van der Waals surface area contributed by atoms with Crippen LogP contribution in [0.2, 0.25) is 0 Å². The zero-order valence-corrected chi connectivity index (χ0v) is 15.5. The number of benzene rings is 1. The molecule has 1 fully saturated rings. The average molecular weight is 350 g/mol. The Hall–Kier alpha value is -1.63. The van der Waals surface area contributed by atoms with Crippen LogP contribution in [0.3, 0.4) is 0 Å². The van der Waals surface area contributed by atoms with Gasteiger partial charge in [0.15, 0.2) is 0 Å². The fourth-order valence-electron chi connectivity index (χ4n) is 3.03. The van der Waals surface area contributed by atoms with E-state index in [1.165, 1.54) is 0 Å². The molecule has 1 N–H and O–H groups in total. The van der Waals surface area contributed by atoms with Crippen molar-refractivity contribution in [2.24, 2.45) is 0 Å². The Balaban J connectivity index is 1.84. The number of hydrogen-bond donors (Lipinski definition) is 1. The Morgan fingerprint density at radius 1 is 1.24 bits per heavy atom. The Morgan fingerprint density at radius 2 is 2.04 bits per heavy atom. The van der Waals surface area contributed by atoms with Crippen molar-refractivity contribution in [3.8, 4) is 5.75 Å². The molecule has 1 heterocycles. The van der Waals surface area contributed by atoms with Gasteiger partial charge in [0.1, 0.15) is 11.9 Å². The van der Waals surface area contributed by atoms with Crippen molar-refractivity contribution in [1.29, 1.82) is 0 Å². The highest BCUT2D eigenvalue weighted by atomic mass is 16.5. The van der Waals surface area contributed by atoms with Crippen molar-refractivity contribution in [3.63, 3.8) is 0 Å². The number of nitrogens with zero attached hydrogens (tertiary/aromatic N) is 2. The van der Waals surface area contributed by atoms with Gasteiger partial charge in [0.05, 0.1) is 20.3 Å². The first-order chi connectivity index (χ1) is 12.0. The summed E-state index contributed by atoms with van der Waals surface area (Å²) in [4.78, 5) is 16.8. The highest BCUT2D eigenvalue weighted by Crippen LogP contribution is 2.15. The summed E-state index contributed by atoms with van der Waals surface area (Å²) in [5.41, 5.74) is 0.984. The number of carbonyl (C=O) groups is 1. The van der Waals surface area contributed by atoms with Gasteiger partial charge in [0, 0.05) is 32.2 Å². The average Bonchev–Trinajstić information content (AvgIpc) is 2.91. The number of amides is 1. The molecule has 140 valence electrons. The van der Waals surface area contributed by atoms with Gasteiger partial charge in [-0.2, -0.15) is 0 Å². The summed E-state index contributed by atoms with van der Waals surface area (Å²) in [6.07, 6.45) is 0.437. The minimum absolute atomic E-state index is 0.0291. The van der Waals surface area contributed by atoms with E-state index in [9.17, 15) is 9.90 Å². The van der Waals surface area contributed by atoms with Crippen LogP contribution in [0, 0.1) is 0 Å². The molecule has 2 rings (SSSR count). The third-order valence-corrected chi connectivity index (χ3v) is 4.71. The third kappa shape index (κ3) is 5.70. The van der Waals surface area contributed by atoms with E-state index in [0.717, 1.165) is 37.4 Å². The molecular weight excluding hydrogens is 320 g/mol. The highest BCUT2D eigenvalue weighted by molar-refractivity contribution is 5.80. The Labute approximate surface area is 150 Å². The normalized spacial score (nSPS) is 18.5. The van der Waals surface area contributed by atoms with Gasteiger partial charge < -0.3 is 19.5 Å². The molecule has 0 spiro atoms.